The summed E-state index contributed by atoms with van der Waals surface area (Å²) in [5, 5.41) is 0. The number of hydrogen-bond donors (Lipinski definition) is 0. The molecule has 0 N–H and O–H groups in total. The zero-order valence-corrected chi connectivity index (χ0v) is 10.0. The molecule has 0 fully saturated rings. The second-order valence-electron chi connectivity index (χ2n) is 3.70. The second kappa shape index (κ2) is 4.75. The van der Waals surface area contributed by atoms with Crippen molar-refractivity contribution in [2.75, 3.05) is 0 Å². The van der Waals surface area contributed by atoms with Crippen molar-refractivity contribution in [3.63, 3.8) is 0 Å². The number of rotatable bonds is 3. The van der Waals surface area contributed by atoms with E-state index in [9.17, 15) is 0 Å². The van der Waals surface area contributed by atoms with E-state index in [0.717, 1.165) is 12.8 Å². The van der Waals surface area contributed by atoms with E-state index < -0.39 is 0 Å². The molecule has 1 aliphatic rings. The van der Waals surface area contributed by atoms with Crippen LogP contribution in [0, 0.1) is 18.3 Å². The van der Waals surface area contributed by atoms with E-state index in [1.54, 1.807) is 0 Å². The van der Waals surface area contributed by atoms with Crippen LogP contribution in [0.2, 0.25) is 0 Å². The topological polar surface area (TPSA) is 0 Å². The first kappa shape index (κ1) is 11.5. The molecule has 0 bridgehead atoms. The summed E-state index contributed by atoms with van der Waals surface area (Å²) in [5.41, 5.74) is 0. The molecule has 0 saturated heterocycles. The van der Waals surface area contributed by atoms with Crippen molar-refractivity contribution in [1.29, 1.82) is 0 Å². The van der Waals surface area contributed by atoms with Crippen molar-refractivity contribution < 1.29 is 0 Å². The molecule has 0 aliphatic carbocycles. The fourth-order valence-electron chi connectivity index (χ4n) is 1.57. The van der Waals surface area contributed by atoms with E-state index >= 15 is 0 Å². The molecule has 0 saturated carbocycles. The Balaban J connectivity index is 2.84. The Morgan fingerprint density at radius 3 is 2.86 bits per heavy atom. The van der Waals surface area contributed by atoms with Gasteiger partial charge in [-0.15, -0.1) is 18.2 Å². The highest BCUT2D eigenvalue weighted by Gasteiger charge is 2.35. The lowest BCUT2D eigenvalue weighted by molar-refractivity contribution is 0.697. The van der Waals surface area contributed by atoms with Crippen LogP contribution in [0.25, 0.3) is 0 Å². The van der Waals surface area contributed by atoms with Crippen LogP contribution in [-0.2, 0) is 0 Å². The number of hydrogen-bond acceptors (Lipinski definition) is 1. The van der Waals surface area contributed by atoms with Gasteiger partial charge < -0.3 is 0 Å². The molecule has 0 aromatic heterocycles. The normalized spacial score (nSPS) is 31.9. The predicted octanol–water partition coefficient (Wildman–Crippen LogP) is 4.00. The molecular weight excluding hydrogens is 188 g/mol. The summed E-state index contributed by atoms with van der Waals surface area (Å²) in [6.07, 6.45) is 14.6. The van der Waals surface area contributed by atoms with Gasteiger partial charge in [-0.1, -0.05) is 38.0 Å². The van der Waals surface area contributed by atoms with E-state index in [1.807, 2.05) is 11.8 Å². The molecule has 2 unspecified atom stereocenters. The van der Waals surface area contributed by atoms with Crippen molar-refractivity contribution in [2.45, 2.75) is 38.4 Å². The molecule has 1 heterocycles. The minimum Gasteiger partial charge on any atom is -0.119 e. The Labute approximate surface area is 91.9 Å². The Kier molecular flexibility index (Phi) is 3.89. The molecular formula is C13H18S. The molecule has 0 aromatic rings. The highest BCUT2D eigenvalue weighted by atomic mass is 32.2. The average molecular weight is 206 g/mol. The van der Waals surface area contributed by atoms with Crippen molar-refractivity contribution in [3.8, 4) is 12.3 Å². The molecule has 1 rings (SSSR count). The Hall–Kier alpha value is -0.610. The first-order valence-electron chi connectivity index (χ1n) is 5.20. The van der Waals surface area contributed by atoms with Crippen LogP contribution in [-0.4, -0.2) is 4.75 Å². The zero-order valence-electron chi connectivity index (χ0n) is 9.21. The first-order valence-corrected chi connectivity index (χ1v) is 6.02. The van der Waals surface area contributed by atoms with Crippen LogP contribution < -0.4 is 0 Å². The third-order valence-electron chi connectivity index (χ3n) is 2.56. The van der Waals surface area contributed by atoms with E-state index in [-0.39, 0.29) is 4.75 Å². The van der Waals surface area contributed by atoms with E-state index in [4.69, 9.17) is 6.42 Å². The Morgan fingerprint density at radius 1 is 1.64 bits per heavy atom. The molecule has 76 valence electrons. The first-order chi connectivity index (χ1) is 6.66. The van der Waals surface area contributed by atoms with Gasteiger partial charge in [0.25, 0.3) is 0 Å². The van der Waals surface area contributed by atoms with Gasteiger partial charge in [0.1, 0.15) is 0 Å². The monoisotopic (exact) mass is 206 g/mol. The minimum atomic E-state index is -0.0585. The summed E-state index contributed by atoms with van der Waals surface area (Å²) < 4.78 is -0.0585. The molecule has 0 aromatic carbocycles. The summed E-state index contributed by atoms with van der Waals surface area (Å²) in [4.78, 5) is 1.43. The lowest BCUT2D eigenvalue weighted by Gasteiger charge is -2.22. The van der Waals surface area contributed by atoms with Crippen molar-refractivity contribution >= 4 is 11.8 Å². The summed E-state index contributed by atoms with van der Waals surface area (Å²) in [5.74, 6) is 3.33. The van der Waals surface area contributed by atoms with Gasteiger partial charge in [0.05, 0.1) is 4.75 Å². The minimum absolute atomic E-state index is 0.0585. The van der Waals surface area contributed by atoms with Crippen molar-refractivity contribution in [2.24, 2.45) is 5.92 Å². The summed E-state index contributed by atoms with van der Waals surface area (Å²) in [6, 6.07) is 0. The largest absolute Gasteiger partial charge is 0.119 e. The zero-order chi connectivity index (χ0) is 10.6. The number of allylic oxidation sites excluding steroid dienone is 4. The van der Waals surface area contributed by atoms with Crippen molar-refractivity contribution in [1.82, 2.24) is 0 Å². The lowest BCUT2D eigenvalue weighted by Crippen LogP contribution is -2.22. The van der Waals surface area contributed by atoms with Gasteiger partial charge in [-0.3, -0.25) is 0 Å². The van der Waals surface area contributed by atoms with Crippen molar-refractivity contribution in [3.05, 3.63) is 23.1 Å². The number of terminal acetylenes is 1. The van der Waals surface area contributed by atoms with Gasteiger partial charge in [0.2, 0.25) is 0 Å². The smallest absolute Gasteiger partial charge is 0.0874 e. The molecule has 0 nitrogen and oxygen atoms in total. The molecule has 1 heteroatoms. The van der Waals surface area contributed by atoms with Gasteiger partial charge in [0, 0.05) is 5.92 Å². The van der Waals surface area contributed by atoms with E-state index in [2.05, 4.69) is 44.9 Å². The maximum absolute atomic E-state index is 5.61. The van der Waals surface area contributed by atoms with Crippen LogP contribution in [0.1, 0.15) is 33.6 Å². The van der Waals surface area contributed by atoms with E-state index in [1.165, 1.54) is 4.91 Å². The Bertz CT molecular complexity index is 293. The number of thioether (sulfide) groups is 1. The fraction of sp³-hybridized carbons (Fsp3) is 0.538. The van der Waals surface area contributed by atoms with Crippen LogP contribution in [0.5, 0.6) is 0 Å². The molecule has 0 radical (unpaired) electrons. The van der Waals surface area contributed by atoms with Crippen LogP contribution in [0.4, 0.5) is 0 Å². The van der Waals surface area contributed by atoms with E-state index in [0.29, 0.717) is 5.92 Å². The maximum atomic E-state index is 5.61. The quantitative estimate of drug-likeness (QED) is 0.497. The van der Waals surface area contributed by atoms with Gasteiger partial charge >= 0.3 is 0 Å². The van der Waals surface area contributed by atoms with Gasteiger partial charge in [-0.2, -0.15) is 0 Å². The highest BCUT2D eigenvalue weighted by molar-refractivity contribution is 8.04. The molecule has 14 heavy (non-hydrogen) atoms. The molecule has 0 amide bonds. The summed E-state index contributed by atoms with van der Waals surface area (Å²) in [6.45, 7) is 6.49. The maximum Gasteiger partial charge on any atom is 0.0874 e. The van der Waals surface area contributed by atoms with Crippen LogP contribution >= 0.6 is 11.8 Å². The SMILES string of the molecule is C#CC1(C)SC(CC)=CC1/C=C\CC. The third-order valence-corrected chi connectivity index (χ3v) is 4.06. The average Bonchev–Trinajstić information content (AvgIpc) is 2.53. The summed E-state index contributed by atoms with van der Waals surface area (Å²) >= 11 is 1.85. The molecule has 0 spiro atoms. The third kappa shape index (κ3) is 2.25. The predicted molar refractivity (Wildman–Crippen MR) is 66.1 cm³/mol. The highest BCUT2D eigenvalue weighted by Crippen LogP contribution is 2.47. The van der Waals surface area contributed by atoms with Gasteiger partial charge in [-0.05, 0) is 24.7 Å². The van der Waals surface area contributed by atoms with Crippen LogP contribution in [0.15, 0.2) is 23.1 Å². The molecule has 1 aliphatic heterocycles. The lowest BCUT2D eigenvalue weighted by atomic mass is 9.93. The van der Waals surface area contributed by atoms with Gasteiger partial charge in [-0.25, -0.2) is 0 Å². The van der Waals surface area contributed by atoms with Crippen LogP contribution in [0.3, 0.4) is 0 Å². The molecule has 2 atom stereocenters. The fourth-order valence-corrected chi connectivity index (χ4v) is 2.82. The standard InChI is InChI=1S/C13H18S/c1-5-8-9-11-10-12(6-2)14-13(11,4)7-3/h3,8-11H,5-6H2,1-2,4H3/b9-8-. The summed E-state index contributed by atoms with van der Waals surface area (Å²) in [7, 11) is 0. The second-order valence-corrected chi connectivity index (χ2v) is 5.28. The van der Waals surface area contributed by atoms with Gasteiger partial charge in [0.15, 0.2) is 0 Å². The Morgan fingerprint density at radius 2 is 2.36 bits per heavy atom.